The van der Waals surface area contributed by atoms with E-state index in [2.05, 4.69) is 39.3 Å². The highest BCUT2D eigenvalue weighted by atomic mass is 35.5. The molecule has 1 aromatic rings. The van der Waals surface area contributed by atoms with E-state index in [-0.39, 0.29) is 0 Å². The van der Waals surface area contributed by atoms with Gasteiger partial charge in [0.15, 0.2) is 0 Å². The first kappa shape index (κ1) is 19.9. The van der Waals surface area contributed by atoms with Gasteiger partial charge in [-0.25, -0.2) is 0 Å². The second kappa shape index (κ2) is 8.08. The lowest BCUT2D eigenvalue weighted by Gasteiger charge is -2.23. The Kier molecular flexibility index (Phi) is 6.98. The zero-order valence-electron chi connectivity index (χ0n) is 15.1. The van der Waals surface area contributed by atoms with E-state index in [9.17, 15) is 0 Å². The molecule has 3 nitrogen and oxygen atoms in total. The summed E-state index contributed by atoms with van der Waals surface area (Å²) in [6, 6.07) is 7.63. The van der Waals surface area contributed by atoms with Crippen molar-refractivity contribution in [2.24, 2.45) is 0 Å². The van der Waals surface area contributed by atoms with Gasteiger partial charge in [-0.3, -0.25) is 0 Å². The quantitative estimate of drug-likeness (QED) is 0.341. The molecule has 0 atom stereocenters. The summed E-state index contributed by atoms with van der Waals surface area (Å²) < 4.78 is 17.5. The van der Waals surface area contributed by atoms with E-state index in [1.807, 2.05) is 36.4 Å². The molecule has 0 aromatic heterocycles. The van der Waals surface area contributed by atoms with Gasteiger partial charge in [-0.2, -0.15) is 0 Å². The summed E-state index contributed by atoms with van der Waals surface area (Å²) in [4.78, 5) is 0. The average Bonchev–Trinajstić information content (AvgIpc) is 2.37. The zero-order chi connectivity index (χ0) is 17.7. The van der Waals surface area contributed by atoms with Crippen molar-refractivity contribution in [3.63, 3.8) is 0 Å². The van der Waals surface area contributed by atoms with E-state index >= 15 is 0 Å². The Hall–Kier alpha value is -1.18. The van der Waals surface area contributed by atoms with Crippen LogP contribution < -0.4 is 0 Å². The van der Waals surface area contributed by atoms with Crippen molar-refractivity contribution in [3.05, 3.63) is 52.6 Å². The SMILES string of the molecule is CO/C(=C\C(=C/c1ccc(Cl)cc1)O[Si](C)(C)C)O[Si](C)(C)C. The standard InChI is InChI=1S/C17H27ClO3Si2/c1-19-17(21-23(5,6)7)13-16(20-22(2,3)4)12-14-8-10-15(18)11-9-14/h8-13H,1-7H3/b16-12+,17-13+. The molecule has 0 radical (unpaired) electrons. The minimum Gasteiger partial charge on any atom is -0.544 e. The van der Waals surface area contributed by atoms with Gasteiger partial charge in [-0.05, 0) is 63.1 Å². The van der Waals surface area contributed by atoms with E-state index in [1.165, 1.54) is 0 Å². The van der Waals surface area contributed by atoms with Crippen LogP contribution in [0.25, 0.3) is 6.08 Å². The molecule has 0 N–H and O–H groups in total. The van der Waals surface area contributed by atoms with Crippen LogP contribution in [0.2, 0.25) is 44.3 Å². The van der Waals surface area contributed by atoms with Crippen LogP contribution in [-0.2, 0) is 13.6 Å². The number of benzene rings is 1. The first-order valence-electron chi connectivity index (χ1n) is 7.59. The fourth-order valence-electron chi connectivity index (χ4n) is 1.73. The topological polar surface area (TPSA) is 27.7 Å². The number of methoxy groups -OCH3 is 1. The smallest absolute Gasteiger partial charge is 0.268 e. The molecule has 0 saturated heterocycles. The lowest BCUT2D eigenvalue weighted by atomic mass is 10.2. The number of rotatable bonds is 7. The predicted octanol–water partition coefficient (Wildman–Crippen LogP) is 5.87. The molecule has 0 aliphatic rings. The van der Waals surface area contributed by atoms with Crippen molar-refractivity contribution < 1.29 is 13.6 Å². The van der Waals surface area contributed by atoms with Gasteiger partial charge < -0.3 is 13.6 Å². The molecule has 6 heteroatoms. The molecule has 0 fully saturated rings. The second-order valence-corrected chi connectivity index (χ2v) is 16.5. The van der Waals surface area contributed by atoms with Crippen LogP contribution in [0.5, 0.6) is 0 Å². The lowest BCUT2D eigenvalue weighted by molar-refractivity contribution is 0.145. The summed E-state index contributed by atoms with van der Waals surface area (Å²) in [5.41, 5.74) is 1.02. The van der Waals surface area contributed by atoms with Crippen LogP contribution >= 0.6 is 11.6 Å². The highest BCUT2D eigenvalue weighted by Gasteiger charge is 2.21. The number of hydrogen-bond donors (Lipinski definition) is 0. The molecule has 0 spiro atoms. The molecule has 0 saturated carbocycles. The van der Waals surface area contributed by atoms with Crippen LogP contribution in [0.3, 0.4) is 0 Å². The van der Waals surface area contributed by atoms with Crippen LogP contribution in [0.4, 0.5) is 0 Å². The van der Waals surface area contributed by atoms with E-state index in [0.717, 1.165) is 11.3 Å². The minimum atomic E-state index is -1.76. The first-order valence-corrected chi connectivity index (χ1v) is 14.8. The number of halogens is 1. The average molecular weight is 371 g/mol. The molecule has 128 valence electrons. The summed E-state index contributed by atoms with van der Waals surface area (Å²) >= 11 is 5.94. The molecule has 0 bridgehead atoms. The maximum atomic E-state index is 6.16. The Labute approximate surface area is 147 Å². The van der Waals surface area contributed by atoms with Crippen LogP contribution in [0.1, 0.15) is 5.56 Å². The number of allylic oxidation sites excluding steroid dienone is 1. The molecule has 23 heavy (non-hydrogen) atoms. The third kappa shape index (κ3) is 8.88. The van der Waals surface area contributed by atoms with Crippen molar-refractivity contribution in [1.29, 1.82) is 0 Å². The van der Waals surface area contributed by atoms with Crippen LogP contribution in [0.15, 0.2) is 42.0 Å². The summed E-state index contributed by atoms with van der Waals surface area (Å²) in [6.45, 7) is 12.8. The van der Waals surface area contributed by atoms with Gasteiger partial charge in [0, 0.05) is 5.02 Å². The van der Waals surface area contributed by atoms with Gasteiger partial charge in [0.05, 0.1) is 13.2 Å². The third-order valence-corrected chi connectivity index (χ3v) is 4.38. The van der Waals surface area contributed by atoms with E-state index in [4.69, 9.17) is 25.2 Å². The van der Waals surface area contributed by atoms with E-state index < -0.39 is 16.6 Å². The van der Waals surface area contributed by atoms with Crippen molar-refractivity contribution in [2.75, 3.05) is 7.11 Å². The van der Waals surface area contributed by atoms with Crippen LogP contribution in [-0.4, -0.2) is 23.7 Å². The highest BCUT2D eigenvalue weighted by molar-refractivity contribution is 6.70. The Morgan fingerprint density at radius 3 is 1.87 bits per heavy atom. The van der Waals surface area contributed by atoms with Gasteiger partial charge in [0.2, 0.25) is 16.6 Å². The van der Waals surface area contributed by atoms with Crippen LogP contribution in [0, 0.1) is 0 Å². The largest absolute Gasteiger partial charge is 0.544 e. The normalized spacial score (nSPS) is 13.7. The summed E-state index contributed by atoms with van der Waals surface area (Å²) in [6.07, 6.45) is 3.80. The van der Waals surface area contributed by atoms with Crippen molar-refractivity contribution in [3.8, 4) is 0 Å². The first-order chi connectivity index (χ1) is 10.5. The molecule has 1 rings (SSSR count). The Morgan fingerprint density at radius 1 is 0.913 bits per heavy atom. The van der Waals surface area contributed by atoms with Gasteiger partial charge in [-0.1, -0.05) is 23.7 Å². The molecule has 0 aliphatic carbocycles. The lowest BCUT2D eigenvalue weighted by Crippen LogP contribution is -2.26. The van der Waals surface area contributed by atoms with E-state index in [0.29, 0.717) is 11.0 Å². The monoisotopic (exact) mass is 370 g/mol. The fraction of sp³-hybridized carbons (Fsp3) is 0.412. The minimum absolute atomic E-state index is 0.489. The van der Waals surface area contributed by atoms with Gasteiger partial charge in [0.25, 0.3) is 5.95 Å². The molecular formula is C17H27ClO3Si2. The molecule has 0 aliphatic heterocycles. The molecule has 0 unspecified atom stereocenters. The molecule has 1 aromatic carbocycles. The third-order valence-electron chi connectivity index (χ3n) is 2.47. The van der Waals surface area contributed by atoms with Gasteiger partial charge in [-0.15, -0.1) is 0 Å². The zero-order valence-corrected chi connectivity index (χ0v) is 17.8. The predicted molar refractivity (Wildman–Crippen MR) is 103 cm³/mol. The highest BCUT2D eigenvalue weighted by Crippen LogP contribution is 2.20. The summed E-state index contributed by atoms with van der Waals surface area (Å²) in [5, 5.41) is 0.713. The number of ether oxygens (including phenoxy) is 1. The Bertz CT molecular complexity index is 567. The maximum absolute atomic E-state index is 6.16. The van der Waals surface area contributed by atoms with E-state index in [1.54, 1.807) is 7.11 Å². The summed E-state index contributed by atoms with van der Waals surface area (Å²) in [7, 11) is -1.90. The fourth-order valence-corrected chi connectivity index (χ4v) is 3.42. The van der Waals surface area contributed by atoms with Gasteiger partial charge in [0.1, 0.15) is 5.76 Å². The molecular weight excluding hydrogens is 344 g/mol. The van der Waals surface area contributed by atoms with Crippen molar-refractivity contribution in [2.45, 2.75) is 39.3 Å². The van der Waals surface area contributed by atoms with Crippen molar-refractivity contribution in [1.82, 2.24) is 0 Å². The van der Waals surface area contributed by atoms with Crippen molar-refractivity contribution >= 4 is 34.3 Å². The molecule has 0 heterocycles. The molecule has 0 amide bonds. The number of hydrogen-bond acceptors (Lipinski definition) is 3. The Morgan fingerprint density at radius 2 is 1.43 bits per heavy atom. The maximum Gasteiger partial charge on any atom is 0.268 e. The Balaban J connectivity index is 3.16. The summed E-state index contributed by atoms with van der Waals surface area (Å²) in [5.74, 6) is 1.23. The second-order valence-electron chi connectivity index (χ2n) is 7.19. The van der Waals surface area contributed by atoms with Gasteiger partial charge >= 0.3 is 0 Å².